The summed E-state index contributed by atoms with van der Waals surface area (Å²) in [7, 11) is 0. The topological polar surface area (TPSA) is 31.4 Å². The molecule has 4 nitrogen and oxygen atoms in total. The van der Waals surface area contributed by atoms with E-state index >= 15 is 0 Å². The molecule has 3 rings (SSSR count). The fraction of sp³-hybridized carbons (Fsp3) is 0.800. The van der Waals surface area contributed by atoms with Gasteiger partial charge in [-0.25, -0.2) is 4.98 Å². The monoisotopic (exact) mass is 294 g/mol. The van der Waals surface area contributed by atoms with Gasteiger partial charge in [-0.15, -0.1) is 11.3 Å². The molecule has 1 aromatic heterocycles. The van der Waals surface area contributed by atoms with Crippen molar-refractivity contribution in [1.29, 1.82) is 0 Å². The number of thiazole rings is 1. The largest absolute Gasteiger partial charge is 0.346 e. The van der Waals surface area contributed by atoms with Crippen molar-refractivity contribution in [1.82, 2.24) is 15.2 Å². The third-order valence-corrected chi connectivity index (χ3v) is 5.78. The quantitative estimate of drug-likeness (QED) is 0.904. The predicted octanol–water partition coefficient (Wildman–Crippen LogP) is 2.49. The molecule has 2 atom stereocenters. The highest BCUT2D eigenvalue weighted by atomic mass is 32.1. The van der Waals surface area contributed by atoms with Crippen LogP contribution in [0.3, 0.4) is 0 Å². The van der Waals surface area contributed by atoms with Gasteiger partial charge in [0.15, 0.2) is 5.13 Å². The van der Waals surface area contributed by atoms with Gasteiger partial charge in [0.1, 0.15) is 0 Å². The Morgan fingerprint density at radius 3 is 2.95 bits per heavy atom. The summed E-state index contributed by atoms with van der Waals surface area (Å²) in [5.41, 5.74) is 0. The van der Waals surface area contributed by atoms with Crippen molar-refractivity contribution in [2.45, 2.75) is 45.2 Å². The maximum Gasteiger partial charge on any atom is 0.185 e. The third-order valence-electron chi connectivity index (χ3n) is 4.54. The smallest absolute Gasteiger partial charge is 0.185 e. The summed E-state index contributed by atoms with van der Waals surface area (Å²) in [6.07, 6.45) is 6.13. The van der Waals surface area contributed by atoms with Crippen LogP contribution in [0.2, 0.25) is 0 Å². The molecule has 2 fully saturated rings. The van der Waals surface area contributed by atoms with Crippen LogP contribution >= 0.6 is 11.3 Å². The first kappa shape index (κ1) is 14.3. The van der Waals surface area contributed by atoms with Crippen LogP contribution in [0.15, 0.2) is 6.20 Å². The minimum atomic E-state index is 0.420. The molecular formula is C15H26N4S. The van der Waals surface area contributed by atoms with Gasteiger partial charge >= 0.3 is 0 Å². The average Bonchev–Trinajstić information content (AvgIpc) is 3.19. The van der Waals surface area contributed by atoms with Crippen molar-refractivity contribution in [3.63, 3.8) is 0 Å². The van der Waals surface area contributed by atoms with Gasteiger partial charge in [0.2, 0.25) is 0 Å². The summed E-state index contributed by atoms with van der Waals surface area (Å²) in [5.74, 6) is 0. The van der Waals surface area contributed by atoms with E-state index in [1.54, 1.807) is 0 Å². The van der Waals surface area contributed by atoms with E-state index in [2.05, 4.69) is 40.1 Å². The van der Waals surface area contributed by atoms with E-state index < -0.39 is 0 Å². The Hall–Kier alpha value is -0.650. The normalized spacial score (nSPS) is 25.5. The molecule has 0 saturated carbocycles. The van der Waals surface area contributed by atoms with Crippen LogP contribution in [0.25, 0.3) is 0 Å². The van der Waals surface area contributed by atoms with Gasteiger partial charge < -0.3 is 10.2 Å². The van der Waals surface area contributed by atoms with E-state index in [1.165, 1.54) is 55.5 Å². The van der Waals surface area contributed by atoms with Gasteiger partial charge in [-0.1, -0.05) is 6.92 Å². The number of aromatic nitrogens is 1. The molecule has 2 saturated heterocycles. The molecule has 5 heteroatoms. The van der Waals surface area contributed by atoms with Crippen molar-refractivity contribution in [3.8, 4) is 0 Å². The molecule has 20 heavy (non-hydrogen) atoms. The fourth-order valence-corrected chi connectivity index (χ4v) is 4.33. The highest BCUT2D eigenvalue weighted by Gasteiger charge is 2.30. The van der Waals surface area contributed by atoms with E-state index in [-0.39, 0.29) is 0 Å². The highest BCUT2D eigenvalue weighted by Crippen LogP contribution is 2.31. The lowest BCUT2D eigenvalue weighted by Crippen LogP contribution is -2.35. The molecule has 0 spiro atoms. The number of likely N-dealkylation sites (tertiary alicyclic amines) is 1. The second kappa shape index (κ2) is 6.41. The van der Waals surface area contributed by atoms with Crippen LogP contribution < -0.4 is 10.2 Å². The Kier molecular flexibility index (Phi) is 4.58. The number of hydrogen-bond acceptors (Lipinski definition) is 5. The van der Waals surface area contributed by atoms with Crippen LogP contribution in [0.5, 0.6) is 0 Å². The van der Waals surface area contributed by atoms with Gasteiger partial charge in [-0.2, -0.15) is 0 Å². The van der Waals surface area contributed by atoms with E-state index in [4.69, 9.17) is 0 Å². The Bertz CT molecular complexity index is 427. The molecule has 2 aliphatic rings. The van der Waals surface area contributed by atoms with Crippen LogP contribution in [0, 0.1) is 0 Å². The zero-order valence-electron chi connectivity index (χ0n) is 12.6. The molecule has 1 N–H and O–H groups in total. The molecular weight excluding hydrogens is 268 g/mol. The standard InChI is InChI=1S/C15H26N4S/c1-3-16-12(2)14-10-17-15(20-14)19-9-6-13(11-19)18-7-4-5-8-18/h10,12-13,16H,3-9,11H2,1-2H3. The number of rotatable bonds is 5. The second-order valence-corrected chi connectivity index (χ2v) is 7.00. The lowest BCUT2D eigenvalue weighted by Gasteiger charge is -2.23. The molecule has 112 valence electrons. The van der Waals surface area contributed by atoms with E-state index in [0.717, 1.165) is 12.6 Å². The third kappa shape index (κ3) is 3.00. The first-order valence-corrected chi connectivity index (χ1v) is 8.77. The summed E-state index contributed by atoms with van der Waals surface area (Å²) in [6.45, 7) is 10.3. The minimum absolute atomic E-state index is 0.420. The lowest BCUT2D eigenvalue weighted by molar-refractivity contribution is 0.260. The molecule has 2 unspecified atom stereocenters. The van der Waals surface area contributed by atoms with Crippen molar-refractivity contribution in [3.05, 3.63) is 11.1 Å². The minimum Gasteiger partial charge on any atom is -0.346 e. The summed E-state index contributed by atoms with van der Waals surface area (Å²) in [5, 5.41) is 4.68. The summed E-state index contributed by atoms with van der Waals surface area (Å²) in [4.78, 5) is 11.2. The van der Waals surface area contributed by atoms with Crippen molar-refractivity contribution in [2.75, 3.05) is 37.6 Å². The van der Waals surface area contributed by atoms with E-state index in [0.29, 0.717) is 6.04 Å². The molecule has 2 aliphatic heterocycles. The van der Waals surface area contributed by atoms with Gasteiger partial charge in [0.25, 0.3) is 0 Å². The lowest BCUT2D eigenvalue weighted by atomic mass is 10.2. The Morgan fingerprint density at radius 2 is 2.20 bits per heavy atom. The predicted molar refractivity (Wildman–Crippen MR) is 85.6 cm³/mol. The Labute approximate surface area is 126 Å². The van der Waals surface area contributed by atoms with Crippen LogP contribution in [-0.4, -0.2) is 48.6 Å². The molecule has 0 aliphatic carbocycles. The number of nitrogens with zero attached hydrogens (tertiary/aromatic N) is 3. The van der Waals surface area contributed by atoms with Crippen LogP contribution in [0.4, 0.5) is 5.13 Å². The number of nitrogens with one attached hydrogen (secondary N) is 1. The Morgan fingerprint density at radius 1 is 1.40 bits per heavy atom. The zero-order chi connectivity index (χ0) is 13.9. The van der Waals surface area contributed by atoms with E-state index in [1.807, 2.05) is 11.3 Å². The molecule has 0 aromatic carbocycles. The van der Waals surface area contributed by atoms with Crippen molar-refractivity contribution in [2.24, 2.45) is 0 Å². The van der Waals surface area contributed by atoms with Crippen LogP contribution in [-0.2, 0) is 0 Å². The van der Waals surface area contributed by atoms with Gasteiger partial charge in [-0.05, 0) is 45.8 Å². The molecule has 0 amide bonds. The molecule has 1 aromatic rings. The van der Waals surface area contributed by atoms with Crippen molar-refractivity contribution < 1.29 is 0 Å². The second-order valence-electron chi connectivity index (χ2n) is 5.96. The summed E-state index contributed by atoms with van der Waals surface area (Å²) in [6, 6.07) is 1.18. The highest BCUT2D eigenvalue weighted by molar-refractivity contribution is 7.15. The zero-order valence-corrected chi connectivity index (χ0v) is 13.5. The first-order valence-electron chi connectivity index (χ1n) is 7.96. The maximum atomic E-state index is 4.65. The van der Waals surface area contributed by atoms with Gasteiger partial charge in [-0.3, -0.25) is 4.90 Å². The molecule has 0 bridgehead atoms. The number of anilines is 1. The fourth-order valence-electron chi connectivity index (χ4n) is 3.35. The summed E-state index contributed by atoms with van der Waals surface area (Å²) < 4.78 is 0. The number of hydrogen-bond donors (Lipinski definition) is 1. The van der Waals surface area contributed by atoms with E-state index in [9.17, 15) is 0 Å². The van der Waals surface area contributed by atoms with Crippen LogP contribution in [0.1, 0.15) is 44.0 Å². The van der Waals surface area contributed by atoms with Gasteiger partial charge in [0, 0.05) is 36.2 Å². The molecule has 0 radical (unpaired) electrons. The van der Waals surface area contributed by atoms with Crippen molar-refractivity contribution >= 4 is 16.5 Å². The molecule has 3 heterocycles. The first-order chi connectivity index (χ1) is 9.78. The maximum absolute atomic E-state index is 4.65. The summed E-state index contributed by atoms with van der Waals surface area (Å²) >= 11 is 1.86. The SMILES string of the molecule is CCNC(C)c1cnc(N2CCC(N3CCCC3)C2)s1. The Balaban J connectivity index is 1.60. The average molecular weight is 294 g/mol. The van der Waals surface area contributed by atoms with Gasteiger partial charge in [0.05, 0.1) is 0 Å².